The van der Waals surface area contributed by atoms with Crippen LogP contribution in [-0.2, 0) is 25.2 Å². The Bertz CT molecular complexity index is 1390. The fraction of sp³-hybridized carbons (Fsp3) is 0.208. The van der Waals surface area contributed by atoms with E-state index >= 15 is 0 Å². The van der Waals surface area contributed by atoms with Crippen LogP contribution in [0.4, 0.5) is 24.5 Å². The van der Waals surface area contributed by atoms with Gasteiger partial charge in [0.05, 0.1) is 47.8 Å². The van der Waals surface area contributed by atoms with E-state index in [-0.39, 0.29) is 5.57 Å². The zero-order valence-corrected chi connectivity index (χ0v) is 19.6. The topological polar surface area (TPSA) is 149 Å². The van der Waals surface area contributed by atoms with Crippen LogP contribution in [0.2, 0.25) is 0 Å². The zero-order valence-electron chi connectivity index (χ0n) is 19.6. The summed E-state index contributed by atoms with van der Waals surface area (Å²) in [5.74, 6) is -4.07. The first kappa shape index (κ1) is 26.7. The minimum absolute atomic E-state index is 0.292. The highest BCUT2D eigenvalue weighted by atomic mass is 19.4. The first-order valence-corrected chi connectivity index (χ1v) is 10.4. The highest BCUT2D eigenvalue weighted by Crippen LogP contribution is 2.47. The van der Waals surface area contributed by atoms with Crippen LogP contribution >= 0.6 is 0 Å². The van der Waals surface area contributed by atoms with Crippen molar-refractivity contribution in [1.82, 2.24) is 0 Å². The molecule has 0 saturated carbocycles. The number of rotatable bonds is 5. The number of alkyl halides is 3. The molecule has 2 aromatic rings. The predicted molar refractivity (Wildman–Crippen MR) is 122 cm³/mol. The molecule has 3 rings (SSSR count). The van der Waals surface area contributed by atoms with Crippen LogP contribution in [0, 0.1) is 28.4 Å². The lowest BCUT2D eigenvalue weighted by molar-refractivity contribution is -0.384. The Balaban J connectivity index is 2.52. The van der Waals surface area contributed by atoms with Crippen molar-refractivity contribution in [2.75, 3.05) is 19.1 Å². The standard InChI is InChI=1S/C24H19F3N4O6/c1-12-9-16(17(31(34)35)10-15(12)24(25,26)27)30-20(23(33)37-3)19(22(32)36-2)18(14(11-28)21(30)29)13-7-5-4-6-8-13/h4-10,18H,29H2,1-3H3. The maximum absolute atomic E-state index is 13.5. The van der Waals surface area contributed by atoms with Gasteiger partial charge >= 0.3 is 18.1 Å². The van der Waals surface area contributed by atoms with Crippen molar-refractivity contribution in [3.05, 3.63) is 91.9 Å². The highest BCUT2D eigenvalue weighted by molar-refractivity contribution is 6.06. The van der Waals surface area contributed by atoms with E-state index in [1.54, 1.807) is 30.3 Å². The summed E-state index contributed by atoms with van der Waals surface area (Å²) in [6.45, 7) is 1.06. The number of nitriles is 1. The molecule has 0 saturated heterocycles. The van der Waals surface area contributed by atoms with Crippen molar-refractivity contribution in [2.45, 2.75) is 19.0 Å². The van der Waals surface area contributed by atoms with Crippen LogP contribution in [0.1, 0.15) is 22.6 Å². The van der Waals surface area contributed by atoms with Gasteiger partial charge < -0.3 is 15.2 Å². The van der Waals surface area contributed by atoms with E-state index in [1.165, 1.54) is 0 Å². The number of methoxy groups -OCH3 is 2. The Morgan fingerprint density at radius 3 is 2.22 bits per heavy atom. The van der Waals surface area contributed by atoms with E-state index in [4.69, 9.17) is 15.2 Å². The average Bonchev–Trinajstić information content (AvgIpc) is 2.86. The Kier molecular flexibility index (Phi) is 7.24. The molecule has 192 valence electrons. The number of ether oxygens (including phenoxy) is 2. The summed E-state index contributed by atoms with van der Waals surface area (Å²) < 4.78 is 50.2. The van der Waals surface area contributed by atoms with Gasteiger partial charge in [0.15, 0.2) is 0 Å². The molecule has 0 bridgehead atoms. The molecular weight excluding hydrogens is 497 g/mol. The summed E-state index contributed by atoms with van der Waals surface area (Å²) >= 11 is 0. The molecule has 0 fully saturated rings. The van der Waals surface area contributed by atoms with E-state index in [9.17, 15) is 38.1 Å². The molecule has 1 unspecified atom stereocenters. The number of carbonyl (C=O) groups excluding carboxylic acids is 2. The maximum Gasteiger partial charge on any atom is 0.416 e. The lowest BCUT2D eigenvalue weighted by atomic mass is 9.80. The van der Waals surface area contributed by atoms with Crippen LogP contribution in [-0.4, -0.2) is 31.1 Å². The molecule has 13 heteroatoms. The third-order valence-corrected chi connectivity index (χ3v) is 5.67. The fourth-order valence-electron chi connectivity index (χ4n) is 4.08. The summed E-state index contributed by atoms with van der Waals surface area (Å²) in [4.78, 5) is 37.5. The van der Waals surface area contributed by atoms with Crippen LogP contribution in [0.15, 0.2) is 65.1 Å². The molecule has 0 spiro atoms. The first-order chi connectivity index (χ1) is 17.4. The number of halogens is 3. The largest absolute Gasteiger partial charge is 0.466 e. The van der Waals surface area contributed by atoms with Gasteiger partial charge in [0.1, 0.15) is 17.2 Å². The van der Waals surface area contributed by atoms with Crippen molar-refractivity contribution in [2.24, 2.45) is 5.73 Å². The Labute approximate surface area is 208 Å². The number of aryl methyl sites for hydroxylation is 1. The summed E-state index contributed by atoms with van der Waals surface area (Å²) in [5.41, 5.74) is 1.82. The summed E-state index contributed by atoms with van der Waals surface area (Å²) in [7, 11) is 1.97. The minimum atomic E-state index is -4.93. The molecule has 0 amide bonds. The number of anilines is 1. The second-order valence-corrected chi connectivity index (χ2v) is 7.75. The van der Waals surface area contributed by atoms with Crippen LogP contribution in [0.25, 0.3) is 0 Å². The van der Waals surface area contributed by atoms with E-state index in [2.05, 4.69) is 0 Å². The first-order valence-electron chi connectivity index (χ1n) is 10.4. The third-order valence-electron chi connectivity index (χ3n) is 5.67. The van der Waals surface area contributed by atoms with Crippen molar-refractivity contribution in [3.8, 4) is 6.07 Å². The maximum atomic E-state index is 13.5. The molecule has 1 aliphatic heterocycles. The van der Waals surface area contributed by atoms with Gasteiger partial charge in [-0.1, -0.05) is 30.3 Å². The van der Waals surface area contributed by atoms with Crippen molar-refractivity contribution < 1.29 is 37.2 Å². The molecule has 0 radical (unpaired) electrons. The van der Waals surface area contributed by atoms with Crippen LogP contribution < -0.4 is 10.6 Å². The van der Waals surface area contributed by atoms with Crippen molar-refractivity contribution >= 4 is 23.3 Å². The van der Waals surface area contributed by atoms with Gasteiger partial charge in [-0.2, -0.15) is 18.4 Å². The van der Waals surface area contributed by atoms with Gasteiger partial charge in [0.2, 0.25) is 0 Å². The van der Waals surface area contributed by atoms with E-state index in [0.717, 1.165) is 27.2 Å². The summed E-state index contributed by atoms with van der Waals surface area (Å²) in [6, 6.07) is 10.9. The Morgan fingerprint density at radius 2 is 1.73 bits per heavy atom. The lowest BCUT2D eigenvalue weighted by Crippen LogP contribution is -2.41. The smallest absolute Gasteiger partial charge is 0.416 e. The van der Waals surface area contributed by atoms with Crippen LogP contribution in [0.3, 0.4) is 0 Å². The Hall–Kier alpha value is -4.86. The van der Waals surface area contributed by atoms with E-state index in [0.29, 0.717) is 16.5 Å². The quantitative estimate of drug-likeness (QED) is 0.356. The van der Waals surface area contributed by atoms with E-state index < -0.39 is 68.5 Å². The second kappa shape index (κ2) is 10.0. The monoisotopic (exact) mass is 516 g/mol. The molecule has 1 aliphatic rings. The molecular formula is C24H19F3N4O6. The number of benzene rings is 2. The molecule has 10 nitrogen and oxygen atoms in total. The molecule has 37 heavy (non-hydrogen) atoms. The number of carbonyl (C=O) groups is 2. The van der Waals surface area contributed by atoms with Crippen molar-refractivity contribution in [3.63, 3.8) is 0 Å². The van der Waals surface area contributed by atoms with Gasteiger partial charge in [-0.05, 0) is 24.1 Å². The molecule has 0 aromatic heterocycles. The average molecular weight is 516 g/mol. The SMILES string of the molecule is COC(=O)C1=C(C(=O)OC)N(c2cc(C)c(C(F)(F)F)cc2[N+](=O)[O-])C(N)=C(C#N)C1c1ccccc1. The number of nitrogens with two attached hydrogens (primary N) is 1. The highest BCUT2D eigenvalue weighted by Gasteiger charge is 2.45. The molecule has 2 N–H and O–H groups in total. The summed E-state index contributed by atoms with van der Waals surface area (Å²) in [5, 5.41) is 21.9. The molecule has 0 aliphatic carbocycles. The number of allylic oxidation sites excluding steroid dienone is 1. The third kappa shape index (κ3) is 4.68. The number of esters is 2. The number of hydrogen-bond acceptors (Lipinski definition) is 9. The number of nitro groups is 1. The number of nitro benzene ring substituents is 1. The zero-order chi connectivity index (χ0) is 27.7. The van der Waals surface area contributed by atoms with Crippen LogP contribution in [0.5, 0.6) is 0 Å². The van der Waals surface area contributed by atoms with Gasteiger partial charge in [-0.25, -0.2) is 9.59 Å². The molecule has 1 atom stereocenters. The van der Waals surface area contributed by atoms with Crippen molar-refractivity contribution in [1.29, 1.82) is 5.26 Å². The van der Waals surface area contributed by atoms with Gasteiger partial charge in [0, 0.05) is 6.07 Å². The van der Waals surface area contributed by atoms with Gasteiger partial charge in [-0.3, -0.25) is 15.0 Å². The molecule has 2 aromatic carbocycles. The summed E-state index contributed by atoms with van der Waals surface area (Å²) in [6.07, 6.45) is -4.93. The Morgan fingerprint density at radius 1 is 1.14 bits per heavy atom. The fourth-order valence-corrected chi connectivity index (χ4v) is 4.08. The number of hydrogen-bond donors (Lipinski definition) is 1. The predicted octanol–water partition coefficient (Wildman–Crippen LogP) is 3.82. The second-order valence-electron chi connectivity index (χ2n) is 7.75. The van der Waals surface area contributed by atoms with E-state index in [1.807, 2.05) is 6.07 Å². The van der Waals surface area contributed by atoms with Gasteiger partial charge in [-0.15, -0.1) is 0 Å². The van der Waals surface area contributed by atoms with Gasteiger partial charge in [0.25, 0.3) is 5.69 Å². The lowest BCUT2D eigenvalue weighted by Gasteiger charge is -2.35. The number of nitrogens with zero attached hydrogens (tertiary/aromatic N) is 3. The minimum Gasteiger partial charge on any atom is -0.466 e. The molecule has 1 heterocycles. The normalized spacial score (nSPS) is 15.8.